The van der Waals surface area contributed by atoms with Crippen molar-refractivity contribution >= 4 is 33.1 Å². The predicted molar refractivity (Wildman–Crippen MR) is 131 cm³/mol. The van der Waals surface area contributed by atoms with Crippen LogP contribution in [0.15, 0.2) is 69.1 Å². The third-order valence-corrected chi connectivity index (χ3v) is 6.84. The zero-order valence-electron chi connectivity index (χ0n) is 19.4. The van der Waals surface area contributed by atoms with Gasteiger partial charge in [0.1, 0.15) is 30.1 Å². The van der Waals surface area contributed by atoms with Crippen LogP contribution in [0.1, 0.15) is 18.5 Å². The molecule has 0 spiro atoms. The lowest BCUT2D eigenvalue weighted by molar-refractivity contribution is -0.141. The molecule has 1 fully saturated rings. The van der Waals surface area contributed by atoms with E-state index in [1.54, 1.807) is 23.1 Å². The fourth-order valence-electron chi connectivity index (χ4n) is 3.84. The van der Waals surface area contributed by atoms with E-state index in [1.807, 2.05) is 0 Å². The van der Waals surface area contributed by atoms with Crippen molar-refractivity contribution in [3.05, 3.63) is 59.9 Å². The molecule has 0 unspecified atom stereocenters. The lowest BCUT2D eigenvalue weighted by Crippen LogP contribution is -2.39. The van der Waals surface area contributed by atoms with Crippen molar-refractivity contribution in [2.75, 3.05) is 36.2 Å². The van der Waals surface area contributed by atoms with Crippen LogP contribution in [0.2, 0.25) is 0 Å². The smallest absolute Gasteiger partial charge is 0.433 e. The van der Waals surface area contributed by atoms with Gasteiger partial charge in [-0.3, -0.25) is 0 Å². The predicted octanol–water partition coefficient (Wildman–Crippen LogP) is 3.21. The molecule has 36 heavy (non-hydrogen) atoms. The van der Waals surface area contributed by atoms with E-state index in [0.717, 1.165) is 12.3 Å². The first-order valence-corrected chi connectivity index (χ1v) is 13.0. The molecule has 192 valence electrons. The van der Waals surface area contributed by atoms with E-state index < -0.39 is 21.7 Å². The van der Waals surface area contributed by atoms with E-state index in [4.69, 9.17) is 10.5 Å². The number of amidine groups is 1. The van der Waals surface area contributed by atoms with Gasteiger partial charge < -0.3 is 20.7 Å². The Labute approximate surface area is 206 Å². The van der Waals surface area contributed by atoms with Crippen LogP contribution in [0.5, 0.6) is 0 Å². The summed E-state index contributed by atoms with van der Waals surface area (Å²) in [7, 11) is -3.31. The summed E-state index contributed by atoms with van der Waals surface area (Å²) < 4.78 is 68.4. The fourth-order valence-corrected chi connectivity index (χ4v) is 4.47. The number of nitrogens with two attached hydrogens (primary N) is 1. The summed E-state index contributed by atoms with van der Waals surface area (Å²) in [6.07, 6.45) is -1.13. The number of nitrogens with one attached hydrogen (secondary N) is 1. The van der Waals surface area contributed by atoms with Gasteiger partial charge in [-0.1, -0.05) is 6.07 Å². The molecule has 3 heterocycles. The number of hydrogen-bond acceptors (Lipinski definition) is 9. The maximum Gasteiger partial charge on any atom is 0.433 e. The van der Waals surface area contributed by atoms with Gasteiger partial charge >= 0.3 is 6.18 Å². The number of aliphatic imine (C=N–C) groups is 2. The summed E-state index contributed by atoms with van der Waals surface area (Å²) in [6, 6.07) is 10.1. The molecule has 2 aromatic rings. The van der Waals surface area contributed by atoms with Crippen molar-refractivity contribution in [3.8, 4) is 0 Å². The second-order valence-electron chi connectivity index (χ2n) is 8.30. The molecule has 4 rings (SSSR count). The van der Waals surface area contributed by atoms with Gasteiger partial charge in [0, 0.05) is 44.1 Å². The van der Waals surface area contributed by atoms with E-state index in [-0.39, 0.29) is 23.5 Å². The second kappa shape index (κ2) is 10.2. The molecule has 1 saturated heterocycles. The number of nitrogens with zero attached hydrogens (tertiary/aromatic N) is 4. The number of aromatic nitrogens is 1. The molecule has 0 saturated carbocycles. The van der Waals surface area contributed by atoms with Crippen LogP contribution in [0.3, 0.4) is 0 Å². The van der Waals surface area contributed by atoms with Crippen LogP contribution in [0.4, 0.5) is 24.7 Å². The van der Waals surface area contributed by atoms with Gasteiger partial charge in [-0.05, 0) is 36.4 Å². The van der Waals surface area contributed by atoms with Crippen molar-refractivity contribution in [1.82, 2.24) is 4.98 Å². The Kier molecular flexibility index (Phi) is 7.20. The highest BCUT2D eigenvalue weighted by molar-refractivity contribution is 7.90. The fraction of sp³-hybridized carbons (Fsp3) is 0.348. The molecule has 1 aromatic carbocycles. The minimum absolute atomic E-state index is 0.115. The first-order chi connectivity index (χ1) is 17.0. The molecule has 1 aromatic heterocycles. The Morgan fingerprint density at radius 3 is 2.42 bits per heavy atom. The van der Waals surface area contributed by atoms with E-state index >= 15 is 0 Å². The van der Waals surface area contributed by atoms with Crippen molar-refractivity contribution < 1.29 is 26.3 Å². The summed E-state index contributed by atoms with van der Waals surface area (Å²) in [6.45, 7) is 1.06. The SMILES string of the molecule is CS(=O)(=O)c1ccc(NC2=NCN=C(OC3CCN(c4cccc(C(F)(F)F)n4)CC3)C2=CN)cc1. The highest BCUT2D eigenvalue weighted by Crippen LogP contribution is 2.30. The van der Waals surface area contributed by atoms with Gasteiger partial charge in [-0.2, -0.15) is 13.2 Å². The first-order valence-electron chi connectivity index (χ1n) is 11.1. The molecule has 2 aliphatic heterocycles. The summed E-state index contributed by atoms with van der Waals surface area (Å²) in [5, 5.41) is 3.11. The number of sulfone groups is 1. The van der Waals surface area contributed by atoms with Gasteiger partial charge in [-0.25, -0.2) is 23.4 Å². The largest absolute Gasteiger partial charge is 0.474 e. The van der Waals surface area contributed by atoms with Gasteiger partial charge in [0.2, 0.25) is 5.90 Å². The molecule has 0 radical (unpaired) electrons. The highest BCUT2D eigenvalue weighted by Gasteiger charge is 2.33. The maximum atomic E-state index is 13.0. The zero-order chi connectivity index (χ0) is 25.9. The highest BCUT2D eigenvalue weighted by atomic mass is 32.2. The number of alkyl halides is 3. The molecule has 0 atom stereocenters. The third kappa shape index (κ3) is 5.96. The lowest BCUT2D eigenvalue weighted by atomic mass is 10.1. The van der Waals surface area contributed by atoms with Crippen LogP contribution >= 0.6 is 0 Å². The summed E-state index contributed by atoms with van der Waals surface area (Å²) >= 11 is 0. The van der Waals surface area contributed by atoms with Crippen molar-refractivity contribution in [3.63, 3.8) is 0 Å². The minimum atomic E-state index is -4.50. The number of rotatable bonds is 4. The van der Waals surface area contributed by atoms with Gasteiger partial charge in [0.05, 0.1) is 10.5 Å². The van der Waals surface area contributed by atoms with Crippen LogP contribution in [-0.2, 0) is 20.8 Å². The Morgan fingerprint density at radius 1 is 1.11 bits per heavy atom. The van der Waals surface area contributed by atoms with Crippen molar-refractivity contribution in [2.24, 2.45) is 15.7 Å². The Bertz CT molecular complexity index is 1300. The number of benzene rings is 1. The molecule has 9 nitrogen and oxygen atoms in total. The Morgan fingerprint density at radius 2 is 1.81 bits per heavy atom. The average Bonchev–Trinajstić information content (AvgIpc) is 2.84. The Balaban J connectivity index is 1.36. The number of hydrogen-bond donors (Lipinski definition) is 2. The third-order valence-electron chi connectivity index (χ3n) is 5.71. The first kappa shape index (κ1) is 25.5. The number of anilines is 2. The normalized spacial score (nSPS) is 18.6. The average molecular weight is 523 g/mol. The van der Waals surface area contributed by atoms with E-state index in [0.29, 0.717) is 48.9 Å². The molecule has 0 bridgehead atoms. The zero-order valence-corrected chi connectivity index (χ0v) is 20.2. The van der Waals surface area contributed by atoms with Crippen LogP contribution in [0, 0.1) is 0 Å². The maximum absolute atomic E-state index is 13.0. The Hall–Kier alpha value is -3.61. The van der Waals surface area contributed by atoms with Gasteiger partial charge in [-0.15, -0.1) is 0 Å². The molecule has 0 amide bonds. The lowest BCUT2D eigenvalue weighted by Gasteiger charge is -2.33. The number of ether oxygens (including phenoxy) is 1. The molecular formula is C23H25F3N6O3S. The van der Waals surface area contributed by atoms with Crippen molar-refractivity contribution in [2.45, 2.75) is 30.0 Å². The number of halogens is 3. The van der Waals surface area contributed by atoms with Crippen molar-refractivity contribution in [1.29, 1.82) is 0 Å². The standard InChI is InChI=1S/C23H25F3N6O3S/c1-36(33,34)17-7-5-15(6-8-17)30-21-18(13-27)22(29-14-28-21)35-16-9-11-32(12-10-16)20-4-2-3-19(31-20)23(24,25)26/h2-8,13,16H,9-12,14,27H2,1H3,(H,28,30). The van der Waals surface area contributed by atoms with Crippen LogP contribution in [0.25, 0.3) is 0 Å². The molecular weight excluding hydrogens is 497 g/mol. The van der Waals surface area contributed by atoms with Crippen LogP contribution in [-0.4, -0.2) is 57.3 Å². The number of pyridine rings is 1. The number of piperidine rings is 1. The van der Waals surface area contributed by atoms with E-state index in [1.165, 1.54) is 24.4 Å². The molecule has 0 aliphatic carbocycles. The van der Waals surface area contributed by atoms with E-state index in [2.05, 4.69) is 20.3 Å². The molecule has 2 aliphatic rings. The summed E-state index contributed by atoms with van der Waals surface area (Å²) in [5.74, 6) is 1.03. The topological polar surface area (TPSA) is 122 Å². The molecule has 13 heteroatoms. The minimum Gasteiger partial charge on any atom is -0.474 e. The summed E-state index contributed by atoms with van der Waals surface area (Å²) in [5.41, 5.74) is 5.99. The van der Waals surface area contributed by atoms with Gasteiger partial charge in [0.25, 0.3) is 0 Å². The second-order valence-corrected chi connectivity index (χ2v) is 10.3. The molecule has 3 N–H and O–H groups in total. The quantitative estimate of drug-likeness (QED) is 0.632. The monoisotopic (exact) mass is 522 g/mol. The van der Waals surface area contributed by atoms with Crippen LogP contribution < -0.4 is 16.0 Å². The summed E-state index contributed by atoms with van der Waals surface area (Å²) in [4.78, 5) is 14.4. The van der Waals surface area contributed by atoms with Gasteiger partial charge in [0.15, 0.2) is 9.84 Å². The van der Waals surface area contributed by atoms with E-state index in [9.17, 15) is 21.6 Å².